The summed E-state index contributed by atoms with van der Waals surface area (Å²) in [6.45, 7) is 3.58. The average Bonchev–Trinajstić information content (AvgIpc) is 2.98. The molecule has 1 N–H and O–H groups in total. The second kappa shape index (κ2) is 8.34. The van der Waals surface area contributed by atoms with Crippen LogP contribution in [0, 0.1) is 17.0 Å². The van der Waals surface area contributed by atoms with Gasteiger partial charge >= 0.3 is 0 Å². The molecule has 0 aliphatic rings. The highest BCUT2D eigenvalue weighted by atomic mass is 32.1. The van der Waals surface area contributed by atoms with E-state index in [2.05, 4.69) is 22.4 Å². The Morgan fingerprint density at radius 3 is 2.88 bits per heavy atom. The van der Waals surface area contributed by atoms with Gasteiger partial charge in [0.2, 0.25) is 5.13 Å². The molecule has 1 aromatic carbocycles. The molecule has 24 heavy (non-hydrogen) atoms. The lowest BCUT2D eigenvalue weighted by atomic mass is 10.2. The number of aryl methyl sites for hydroxylation is 2. The van der Waals surface area contributed by atoms with Crippen molar-refractivity contribution >= 4 is 28.1 Å². The molecule has 0 aliphatic heterocycles. The Labute approximate surface area is 143 Å². The Morgan fingerprint density at radius 1 is 1.42 bits per heavy atom. The zero-order chi connectivity index (χ0) is 17.5. The number of rotatable bonds is 8. The summed E-state index contributed by atoms with van der Waals surface area (Å²) in [5.41, 5.74) is 0.576. The molecule has 128 valence electrons. The van der Waals surface area contributed by atoms with Crippen molar-refractivity contribution in [3.63, 3.8) is 0 Å². The minimum absolute atomic E-state index is 0.0160. The molecule has 0 bridgehead atoms. The van der Waals surface area contributed by atoms with Gasteiger partial charge in [0, 0.05) is 18.6 Å². The van der Waals surface area contributed by atoms with Crippen LogP contribution in [-0.4, -0.2) is 27.6 Å². The minimum Gasteiger partial charge on any atom is -0.483 e. The SMILES string of the molecule is CCCCc1nnc(NC(=O)COc2ccc([N+](=O)[O-])cc2C)s1. The molecule has 0 unspecified atom stereocenters. The third kappa shape index (κ3) is 4.98. The lowest BCUT2D eigenvalue weighted by molar-refractivity contribution is -0.384. The molecule has 9 heteroatoms. The quantitative estimate of drug-likeness (QED) is 0.579. The first-order valence-electron chi connectivity index (χ1n) is 7.49. The topological polar surface area (TPSA) is 107 Å². The zero-order valence-electron chi connectivity index (χ0n) is 13.4. The highest BCUT2D eigenvalue weighted by Crippen LogP contribution is 2.23. The van der Waals surface area contributed by atoms with Crippen LogP contribution < -0.4 is 10.1 Å². The fourth-order valence-electron chi connectivity index (χ4n) is 1.94. The molecule has 8 nitrogen and oxygen atoms in total. The standard InChI is InChI=1S/C15H18N4O4S/c1-3-4-5-14-17-18-15(24-14)16-13(20)9-23-12-7-6-11(19(21)22)8-10(12)2/h6-8H,3-5,9H2,1-2H3,(H,16,18,20). The van der Waals surface area contributed by atoms with E-state index >= 15 is 0 Å². The highest BCUT2D eigenvalue weighted by molar-refractivity contribution is 7.15. The van der Waals surface area contributed by atoms with Gasteiger partial charge in [-0.15, -0.1) is 10.2 Å². The van der Waals surface area contributed by atoms with Crippen LogP contribution in [0.3, 0.4) is 0 Å². The number of amides is 1. The summed E-state index contributed by atoms with van der Waals surface area (Å²) < 4.78 is 5.40. The Bertz CT molecular complexity index is 732. The van der Waals surface area contributed by atoms with E-state index in [-0.39, 0.29) is 18.2 Å². The molecule has 2 aromatic rings. The van der Waals surface area contributed by atoms with Crippen LogP contribution >= 0.6 is 11.3 Å². The van der Waals surface area contributed by atoms with E-state index in [0.29, 0.717) is 16.4 Å². The minimum atomic E-state index is -0.477. The first-order valence-corrected chi connectivity index (χ1v) is 8.31. The molecule has 0 spiro atoms. The summed E-state index contributed by atoms with van der Waals surface area (Å²) in [7, 11) is 0. The number of nitrogens with one attached hydrogen (secondary N) is 1. The summed E-state index contributed by atoms with van der Waals surface area (Å²) in [5.74, 6) is 0.0718. The van der Waals surface area contributed by atoms with E-state index in [1.807, 2.05) is 0 Å². The first-order chi connectivity index (χ1) is 11.5. The van der Waals surface area contributed by atoms with Crippen molar-refractivity contribution in [2.24, 2.45) is 0 Å². The molecule has 1 aromatic heterocycles. The predicted octanol–water partition coefficient (Wildman–Crippen LogP) is 3.11. The van der Waals surface area contributed by atoms with Gasteiger partial charge in [-0.1, -0.05) is 24.7 Å². The first kappa shape index (κ1) is 17.8. The van der Waals surface area contributed by atoms with Gasteiger partial charge in [0.15, 0.2) is 6.61 Å². The van der Waals surface area contributed by atoms with Crippen molar-refractivity contribution in [3.05, 3.63) is 38.9 Å². The third-order valence-electron chi connectivity index (χ3n) is 3.19. The second-order valence-electron chi connectivity index (χ2n) is 5.15. The number of unbranched alkanes of at least 4 members (excludes halogenated alkanes) is 1. The van der Waals surface area contributed by atoms with Gasteiger partial charge in [0.1, 0.15) is 10.8 Å². The molecule has 2 rings (SSSR count). The van der Waals surface area contributed by atoms with Gasteiger partial charge in [-0.05, 0) is 25.0 Å². The molecule has 1 amide bonds. The van der Waals surface area contributed by atoms with Crippen molar-refractivity contribution in [3.8, 4) is 5.75 Å². The summed E-state index contributed by atoms with van der Waals surface area (Å²) in [4.78, 5) is 22.1. The van der Waals surface area contributed by atoms with E-state index < -0.39 is 4.92 Å². The van der Waals surface area contributed by atoms with Gasteiger partial charge < -0.3 is 4.74 Å². The molecular weight excluding hydrogens is 332 g/mol. The molecule has 0 atom stereocenters. The van der Waals surface area contributed by atoms with Gasteiger partial charge in [-0.2, -0.15) is 0 Å². The van der Waals surface area contributed by atoms with E-state index in [0.717, 1.165) is 24.3 Å². The predicted molar refractivity (Wildman–Crippen MR) is 90.5 cm³/mol. The number of aromatic nitrogens is 2. The van der Waals surface area contributed by atoms with Crippen molar-refractivity contribution in [1.82, 2.24) is 10.2 Å². The van der Waals surface area contributed by atoms with E-state index in [9.17, 15) is 14.9 Å². The third-order valence-corrected chi connectivity index (χ3v) is 4.08. The van der Waals surface area contributed by atoms with Gasteiger partial charge in [0.25, 0.3) is 11.6 Å². The van der Waals surface area contributed by atoms with E-state index in [1.165, 1.54) is 29.5 Å². The van der Waals surface area contributed by atoms with Crippen molar-refractivity contribution in [1.29, 1.82) is 0 Å². The molecule has 0 radical (unpaired) electrons. The van der Waals surface area contributed by atoms with Crippen LogP contribution in [0.5, 0.6) is 5.75 Å². The van der Waals surface area contributed by atoms with Gasteiger partial charge in [-0.25, -0.2) is 0 Å². The number of nitrogens with zero attached hydrogens (tertiary/aromatic N) is 3. The fourth-order valence-corrected chi connectivity index (χ4v) is 2.74. The van der Waals surface area contributed by atoms with Gasteiger partial charge in [-0.3, -0.25) is 20.2 Å². The van der Waals surface area contributed by atoms with E-state index in [1.54, 1.807) is 6.92 Å². The Hall–Kier alpha value is -2.55. The Morgan fingerprint density at radius 2 is 2.21 bits per heavy atom. The highest BCUT2D eigenvalue weighted by Gasteiger charge is 2.12. The largest absolute Gasteiger partial charge is 0.483 e. The van der Waals surface area contributed by atoms with Crippen LogP contribution in [0.1, 0.15) is 30.3 Å². The molecule has 0 saturated heterocycles. The number of non-ortho nitro benzene ring substituents is 1. The smallest absolute Gasteiger partial charge is 0.269 e. The normalized spacial score (nSPS) is 10.4. The number of carbonyl (C=O) groups excluding carboxylic acids is 1. The molecule has 0 saturated carbocycles. The lowest BCUT2D eigenvalue weighted by Crippen LogP contribution is -2.20. The molecule has 1 heterocycles. The molecule has 0 aliphatic carbocycles. The van der Waals surface area contributed by atoms with Crippen LogP contribution in [0.25, 0.3) is 0 Å². The summed E-state index contributed by atoms with van der Waals surface area (Å²) >= 11 is 1.35. The van der Waals surface area contributed by atoms with Crippen molar-refractivity contribution in [2.45, 2.75) is 33.1 Å². The molecule has 0 fully saturated rings. The fraction of sp³-hybridized carbons (Fsp3) is 0.400. The number of hydrogen-bond acceptors (Lipinski definition) is 7. The number of anilines is 1. The number of ether oxygens (including phenoxy) is 1. The summed E-state index contributed by atoms with van der Waals surface area (Å²) in [5, 5.41) is 22.6. The number of hydrogen-bond donors (Lipinski definition) is 1. The lowest BCUT2D eigenvalue weighted by Gasteiger charge is -2.08. The second-order valence-corrected chi connectivity index (χ2v) is 6.21. The van der Waals surface area contributed by atoms with Crippen LogP contribution in [0.4, 0.5) is 10.8 Å². The average molecular weight is 350 g/mol. The number of nitro benzene ring substituents is 1. The van der Waals surface area contributed by atoms with Crippen LogP contribution in [0.15, 0.2) is 18.2 Å². The van der Waals surface area contributed by atoms with Crippen LogP contribution in [0.2, 0.25) is 0 Å². The Balaban J connectivity index is 1.87. The van der Waals surface area contributed by atoms with Crippen molar-refractivity contribution in [2.75, 3.05) is 11.9 Å². The number of carbonyl (C=O) groups is 1. The number of benzene rings is 1. The van der Waals surface area contributed by atoms with Crippen LogP contribution in [-0.2, 0) is 11.2 Å². The summed E-state index contributed by atoms with van der Waals surface area (Å²) in [6, 6.07) is 4.22. The van der Waals surface area contributed by atoms with E-state index in [4.69, 9.17) is 4.74 Å². The van der Waals surface area contributed by atoms with Gasteiger partial charge in [0.05, 0.1) is 4.92 Å². The maximum atomic E-state index is 11.9. The van der Waals surface area contributed by atoms with Crippen molar-refractivity contribution < 1.29 is 14.5 Å². The Kier molecular flexibility index (Phi) is 6.19. The molecular formula is C15H18N4O4S. The maximum absolute atomic E-state index is 11.9. The summed E-state index contributed by atoms with van der Waals surface area (Å²) in [6.07, 6.45) is 2.96. The maximum Gasteiger partial charge on any atom is 0.269 e. The monoisotopic (exact) mass is 350 g/mol. The zero-order valence-corrected chi connectivity index (χ0v) is 14.3. The number of nitro groups is 1.